The van der Waals surface area contributed by atoms with Crippen LogP contribution in [0.5, 0.6) is 0 Å². The smallest absolute Gasteiger partial charge is 0.408 e. The minimum atomic E-state index is -0.765. The number of carbonyl (C=O) groups is 2. The second-order valence-electron chi connectivity index (χ2n) is 4.06. The molecule has 1 amide bonds. The van der Waals surface area contributed by atoms with E-state index in [1.54, 1.807) is 7.11 Å². The predicted octanol–water partition coefficient (Wildman–Crippen LogP) is 1.79. The van der Waals surface area contributed by atoms with E-state index in [0.29, 0.717) is 11.7 Å². The van der Waals surface area contributed by atoms with Crippen molar-refractivity contribution in [2.45, 2.75) is 12.6 Å². The summed E-state index contributed by atoms with van der Waals surface area (Å²) in [4.78, 5) is 23.3. The highest BCUT2D eigenvalue weighted by Crippen LogP contribution is 2.05. The Bertz CT molecular complexity index is 440. The molecule has 0 bridgehead atoms. The van der Waals surface area contributed by atoms with Crippen molar-refractivity contribution in [1.29, 1.82) is 0 Å². The van der Waals surface area contributed by atoms with Gasteiger partial charge in [0.2, 0.25) is 0 Å². The molecule has 0 fully saturated rings. The second kappa shape index (κ2) is 10.1. The van der Waals surface area contributed by atoms with Gasteiger partial charge in [-0.1, -0.05) is 30.3 Å². The Balaban J connectivity index is 2.41. The first-order valence-electron chi connectivity index (χ1n) is 6.29. The molecule has 1 atom stereocenters. The zero-order valence-corrected chi connectivity index (χ0v) is 12.9. The van der Waals surface area contributed by atoms with Crippen LogP contribution in [0.1, 0.15) is 5.56 Å². The number of amides is 1. The lowest BCUT2D eigenvalue weighted by atomic mass is 10.2. The first-order chi connectivity index (χ1) is 10.2. The molecule has 116 valence electrons. The summed E-state index contributed by atoms with van der Waals surface area (Å²) in [5.41, 5.74) is 0.871. The molecule has 0 unspecified atom stereocenters. The van der Waals surface area contributed by atoms with Crippen LogP contribution in [0, 0.1) is 0 Å². The number of ether oxygens (including phenoxy) is 3. The summed E-state index contributed by atoms with van der Waals surface area (Å²) < 4.78 is 14.6. The number of alkyl carbamates (subject to hydrolysis) is 1. The third-order valence-corrected chi connectivity index (χ3v) is 3.45. The zero-order chi connectivity index (χ0) is 15.5. The summed E-state index contributed by atoms with van der Waals surface area (Å²) in [6.07, 6.45) is -0.660. The van der Waals surface area contributed by atoms with Crippen LogP contribution >= 0.6 is 11.8 Å². The monoisotopic (exact) mass is 313 g/mol. The maximum atomic E-state index is 11.7. The van der Waals surface area contributed by atoms with Crippen LogP contribution in [-0.2, 0) is 25.6 Å². The molecule has 1 aromatic rings. The number of hydrogen-bond donors (Lipinski definition) is 1. The van der Waals surface area contributed by atoms with Crippen molar-refractivity contribution in [3.05, 3.63) is 35.9 Å². The Morgan fingerprint density at radius 2 is 1.95 bits per heavy atom. The topological polar surface area (TPSA) is 73.9 Å². The minimum Gasteiger partial charge on any atom is -0.467 e. The van der Waals surface area contributed by atoms with Crippen molar-refractivity contribution in [3.63, 3.8) is 0 Å². The van der Waals surface area contributed by atoms with E-state index in [-0.39, 0.29) is 6.61 Å². The van der Waals surface area contributed by atoms with Crippen molar-refractivity contribution in [1.82, 2.24) is 5.32 Å². The predicted molar refractivity (Wildman–Crippen MR) is 79.9 cm³/mol. The lowest BCUT2D eigenvalue weighted by molar-refractivity contribution is -0.142. The zero-order valence-electron chi connectivity index (χ0n) is 12.0. The standard InChI is InChI=1S/C14H19NO5S/c1-18-10-21-9-12(13(16)19-2)15-14(17)20-8-11-6-4-3-5-7-11/h3-7,12H,8-10H2,1-2H3,(H,15,17)/t12-/m0/s1. The highest BCUT2D eigenvalue weighted by atomic mass is 32.2. The van der Waals surface area contributed by atoms with Gasteiger partial charge in [-0.15, -0.1) is 11.8 Å². The van der Waals surface area contributed by atoms with Crippen molar-refractivity contribution in [2.24, 2.45) is 0 Å². The number of nitrogens with one attached hydrogen (secondary N) is 1. The van der Waals surface area contributed by atoms with Crippen molar-refractivity contribution < 1.29 is 23.8 Å². The van der Waals surface area contributed by atoms with E-state index in [4.69, 9.17) is 9.47 Å². The Labute approximate surface area is 128 Å². The Morgan fingerprint density at radius 3 is 2.57 bits per heavy atom. The number of benzene rings is 1. The van der Waals surface area contributed by atoms with E-state index >= 15 is 0 Å². The van der Waals surface area contributed by atoms with Gasteiger partial charge >= 0.3 is 12.1 Å². The normalized spacial score (nSPS) is 11.5. The summed E-state index contributed by atoms with van der Waals surface area (Å²) in [6.45, 7) is 0.145. The molecule has 0 heterocycles. The third kappa shape index (κ3) is 7.01. The van der Waals surface area contributed by atoms with Gasteiger partial charge in [-0.25, -0.2) is 9.59 Å². The fourth-order valence-corrected chi connectivity index (χ4v) is 2.19. The number of hydrogen-bond acceptors (Lipinski definition) is 6. The third-order valence-electron chi connectivity index (χ3n) is 2.48. The quantitative estimate of drug-likeness (QED) is 0.448. The average Bonchev–Trinajstić information content (AvgIpc) is 2.52. The Morgan fingerprint density at radius 1 is 1.24 bits per heavy atom. The highest BCUT2D eigenvalue weighted by molar-refractivity contribution is 7.99. The van der Waals surface area contributed by atoms with Gasteiger partial charge in [-0.3, -0.25) is 0 Å². The number of rotatable bonds is 8. The average molecular weight is 313 g/mol. The molecule has 1 N–H and O–H groups in total. The fraction of sp³-hybridized carbons (Fsp3) is 0.429. The van der Waals surface area contributed by atoms with E-state index in [1.165, 1.54) is 18.9 Å². The summed E-state index contributed by atoms with van der Waals surface area (Å²) in [5, 5.41) is 2.48. The molecule has 0 saturated carbocycles. The number of methoxy groups -OCH3 is 2. The number of carbonyl (C=O) groups excluding carboxylic acids is 2. The molecule has 0 aliphatic heterocycles. The van der Waals surface area contributed by atoms with Gasteiger partial charge in [0, 0.05) is 12.9 Å². The Kier molecular flexibility index (Phi) is 8.30. The highest BCUT2D eigenvalue weighted by Gasteiger charge is 2.22. The summed E-state index contributed by atoms with van der Waals surface area (Å²) >= 11 is 1.37. The molecule has 0 aromatic heterocycles. The van der Waals surface area contributed by atoms with Crippen LogP contribution in [0.2, 0.25) is 0 Å². The van der Waals surface area contributed by atoms with Gasteiger partial charge < -0.3 is 19.5 Å². The van der Waals surface area contributed by atoms with E-state index in [0.717, 1.165) is 5.56 Å². The van der Waals surface area contributed by atoms with Gasteiger partial charge in [0.1, 0.15) is 12.6 Å². The fourth-order valence-electron chi connectivity index (χ4n) is 1.47. The largest absolute Gasteiger partial charge is 0.467 e. The summed E-state index contributed by atoms with van der Waals surface area (Å²) in [5.74, 6) is 0.255. The van der Waals surface area contributed by atoms with Crippen molar-refractivity contribution in [2.75, 3.05) is 25.9 Å². The van der Waals surface area contributed by atoms with Crippen LogP contribution in [-0.4, -0.2) is 44.0 Å². The van der Waals surface area contributed by atoms with Crippen LogP contribution in [0.4, 0.5) is 4.79 Å². The van der Waals surface area contributed by atoms with E-state index in [9.17, 15) is 9.59 Å². The number of esters is 1. The molecular formula is C14H19NO5S. The summed E-state index contributed by atoms with van der Waals surface area (Å²) in [7, 11) is 2.83. The molecule has 7 heteroatoms. The van der Waals surface area contributed by atoms with Crippen molar-refractivity contribution >= 4 is 23.8 Å². The molecule has 0 aliphatic rings. The molecule has 1 aromatic carbocycles. The van der Waals surface area contributed by atoms with Crippen LogP contribution in [0.15, 0.2) is 30.3 Å². The maximum absolute atomic E-state index is 11.7. The maximum Gasteiger partial charge on any atom is 0.408 e. The Hall–Kier alpha value is -1.73. The molecule has 0 spiro atoms. The number of thioether (sulfide) groups is 1. The lowest BCUT2D eigenvalue weighted by Crippen LogP contribution is -2.43. The molecule has 6 nitrogen and oxygen atoms in total. The molecule has 1 rings (SSSR count). The summed E-state index contributed by atoms with van der Waals surface area (Å²) in [6, 6.07) is 8.52. The van der Waals surface area contributed by atoms with Crippen molar-refractivity contribution in [3.8, 4) is 0 Å². The molecule has 0 radical (unpaired) electrons. The lowest BCUT2D eigenvalue weighted by Gasteiger charge is -2.16. The molecule has 0 saturated heterocycles. The second-order valence-corrected chi connectivity index (χ2v) is 5.04. The van der Waals surface area contributed by atoms with E-state index < -0.39 is 18.1 Å². The molecule has 0 aliphatic carbocycles. The van der Waals surface area contributed by atoms with Gasteiger partial charge in [-0.05, 0) is 5.56 Å². The van der Waals surface area contributed by atoms with Gasteiger partial charge in [0.25, 0.3) is 0 Å². The first kappa shape index (κ1) is 17.3. The van der Waals surface area contributed by atoms with Gasteiger partial charge in [-0.2, -0.15) is 0 Å². The van der Waals surface area contributed by atoms with Crippen LogP contribution < -0.4 is 5.32 Å². The van der Waals surface area contributed by atoms with Gasteiger partial charge in [0.15, 0.2) is 0 Å². The van der Waals surface area contributed by atoms with E-state index in [1.807, 2.05) is 30.3 Å². The van der Waals surface area contributed by atoms with Crippen LogP contribution in [0.25, 0.3) is 0 Å². The molecule has 21 heavy (non-hydrogen) atoms. The van der Waals surface area contributed by atoms with Gasteiger partial charge in [0.05, 0.1) is 13.0 Å². The minimum absolute atomic E-state index is 0.145. The first-order valence-corrected chi connectivity index (χ1v) is 7.44. The van der Waals surface area contributed by atoms with Crippen LogP contribution in [0.3, 0.4) is 0 Å². The van der Waals surface area contributed by atoms with E-state index in [2.05, 4.69) is 10.1 Å². The molecular weight excluding hydrogens is 294 g/mol. The SMILES string of the molecule is COCSC[C@H](NC(=O)OCc1ccccc1)C(=O)OC.